The van der Waals surface area contributed by atoms with Crippen LogP contribution in [-0.4, -0.2) is 41.4 Å². The minimum absolute atomic E-state index is 0.113. The lowest BCUT2D eigenvalue weighted by atomic mass is 9.87. The summed E-state index contributed by atoms with van der Waals surface area (Å²) in [7, 11) is 0. The smallest absolute Gasteiger partial charge is 0.139 e. The maximum Gasteiger partial charge on any atom is 0.139 e. The molecule has 0 unspecified atom stereocenters. The second-order valence-electron chi connectivity index (χ2n) is 6.32. The fraction of sp³-hybridized carbons (Fsp3) is 0.333. The van der Waals surface area contributed by atoms with Crippen LogP contribution in [0.2, 0.25) is 0 Å². The van der Waals surface area contributed by atoms with Crippen LogP contribution in [0.5, 0.6) is 0 Å². The third-order valence-corrected chi connectivity index (χ3v) is 5.29. The van der Waals surface area contributed by atoms with Crippen LogP contribution >= 0.6 is 11.3 Å². The Morgan fingerprint density at radius 1 is 1.25 bits per heavy atom. The second kappa shape index (κ2) is 6.12. The van der Waals surface area contributed by atoms with Gasteiger partial charge in [-0.1, -0.05) is 30.3 Å². The first-order valence-corrected chi connectivity index (χ1v) is 8.82. The van der Waals surface area contributed by atoms with Gasteiger partial charge in [0.05, 0.1) is 30.6 Å². The molecule has 6 heteroatoms. The Morgan fingerprint density at radius 3 is 2.71 bits per heavy atom. The van der Waals surface area contributed by atoms with E-state index in [4.69, 9.17) is 4.74 Å². The molecule has 3 aromatic rings. The maximum absolute atomic E-state index is 9.62. The van der Waals surface area contributed by atoms with Gasteiger partial charge in [0.15, 0.2) is 0 Å². The molecule has 0 saturated carbocycles. The van der Waals surface area contributed by atoms with Crippen molar-refractivity contribution >= 4 is 27.4 Å². The average Bonchev–Trinajstić information content (AvgIpc) is 2.98. The van der Waals surface area contributed by atoms with Gasteiger partial charge in [0.1, 0.15) is 16.5 Å². The van der Waals surface area contributed by atoms with E-state index in [0.717, 1.165) is 33.0 Å². The monoisotopic (exact) mass is 341 g/mol. The molecule has 0 bridgehead atoms. The van der Waals surface area contributed by atoms with Gasteiger partial charge in [-0.15, -0.1) is 11.3 Å². The standard InChI is InChI=1S/C18H19N3O2S/c1-12-20-16(19-8-18(9-22)10-23-11-18)15-14(7-24-17(15)21-12)13-5-3-2-4-6-13/h2-7,22H,8-11H2,1H3,(H,19,20,21). The van der Waals surface area contributed by atoms with E-state index in [-0.39, 0.29) is 12.0 Å². The molecular formula is C18H19N3O2S. The number of rotatable bonds is 5. The van der Waals surface area contributed by atoms with Crippen LogP contribution in [0.25, 0.3) is 21.3 Å². The summed E-state index contributed by atoms with van der Waals surface area (Å²) in [5.41, 5.74) is 2.10. The largest absolute Gasteiger partial charge is 0.396 e. The summed E-state index contributed by atoms with van der Waals surface area (Å²) < 4.78 is 5.28. The van der Waals surface area contributed by atoms with E-state index in [1.54, 1.807) is 11.3 Å². The summed E-state index contributed by atoms with van der Waals surface area (Å²) in [5.74, 6) is 1.58. The van der Waals surface area contributed by atoms with Crippen molar-refractivity contribution in [3.8, 4) is 11.1 Å². The quantitative estimate of drug-likeness (QED) is 0.746. The van der Waals surface area contributed by atoms with Gasteiger partial charge in [-0.25, -0.2) is 9.97 Å². The lowest BCUT2D eigenvalue weighted by Gasteiger charge is -2.40. The third kappa shape index (κ3) is 2.66. The number of ether oxygens (including phenoxy) is 1. The first-order chi connectivity index (χ1) is 11.7. The topological polar surface area (TPSA) is 67.3 Å². The molecule has 2 aromatic heterocycles. The van der Waals surface area contributed by atoms with Crippen LogP contribution in [0.15, 0.2) is 35.7 Å². The van der Waals surface area contributed by atoms with E-state index in [9.17, 15) is 5.11 Å². The van der Waals surface area contributed by atoms with E-state index in [1.165, 1.54) is 0 Å². The Balaban J connectivity index is 1.75. The fourth-order valence-corrected chi connectivity index (χ4v) is 3.91. The number of aryl methyl sites for hydroxylation is 1. The van der Waals surface area contributed by atoms with Gasteiger partial charge < -0.3 is 15.2 Å². The minimum Gasteiger partial charge on any atom is -0.396 e. The molecular weight excluding hydrogens is 322 g/mol. The van der Waals surface area contributed by atoms with Crippen LogP contribution < -0.4 is 5.32 Å². The number of fused-ring (bicyclic) bond motifs is 1. The Bertz CT molecular complexity index is 854. The molecule has 4 rings (SSSR count). The molecule has 24 heavy (non-hydrogen) atoms. The summed E-state index contributed by atoms with van der Waals surface area (Å²) in [4.78, 5) is 10.2. The van der Waals surface area contributed by atoms with Gasteiger partial charge in [0, 0.05) is 17.5 Å². The van der Waals surface area contributed by atoms with E-state index in [2.05, 4.69) is 32.8 Å². The zero-order valence-corrected chi connectivity index (χ0v) is 14.3. The minimum atomic E-state index is -0.200. The number of nitrogens with one attached hydrogen (secondary N) is 1. The van der Waals surface area contributed by atoms with Crippen molar-refractivity contribution in [1.29, 1.82) is 0 Å². The number of benzene rings is 1. The predicted molar refractivity (Wildman–Crippen MR) is 96.4 cm³/mol. The zero-order valence-electron chi connectivity index (χ0n) is 13.5. The van der Waals surface area contributed by atoms with Crippen LogP contribution in [0.4, 0.5) is 5.82 Å². The van der Waals surface area contributed by atoms with Crippen LogP contribution in [0.3, 0.4) is 0 Å². The van der Waals surface area contributed by atoms with Crippen molar-refractivity contribution in [1.82, 2.24) is 9.97 Å². The molecule has 1 aromatic carbocycles. The van der Waals surface area contributed by atoms with E-state index in [0.29, 0.717) is 19.8 Å². The summed E-state index contributed by atoms with van der Waals surface area (Å²) in [5, 5.41) is 16.2. The van der Waals surface area contributed by atoms with Crippen molar-refractivity contribution in [3.63, 3.8) is 0 Å². The Labute approximate surface area is 144 Å². The fourth-order valence-electron chi connectivity index (χ4n) is 2.92. The second-order valence-corrected chi connectivity index (χ2v) is 7.18. The number of aliphatic hydroxyl groups excluding tert-OH is 1. The molecule has 3 heterocycles. The molecule has 1 aliphatic heterocycles. The van der Waals surface area contributed by atoms with Crippen LogP contribution in [0, 0.1) is 12.3 Å². The van der Waals surface area contributed by atoms with E-state index >= 15 is 0 Å². The third-order valence-electron chi connectivity index (χ3n) is 4.41. The molecule has 0 aliphatic carbocycles. The van der Waals surface area contributed by atoms with E-state index < -0.39 is 0 Å². The molecule has 0 atom stereocenters. The average molecular weight is 341 g/mol. The first kappa shape index (κ1) is 15.5. The summed E-state index contributed by atoms with van der Waals surface area (Å²) in [6.45, 7) is 3.82. The van der Waals surface area contributed by atoms with Crippen molar-refractivity contribution in [3.05, 3.63) is 41.5 Å². The van der Waals surface area contributed by atoms with E-state index in [1.807, 2.05) is 25.1 Å². The molecule has 2 N–H and O–H groups in total. The number of hydrogen-bond donors (Lipinski definition) is 2. The summed E-state index contributed by atoms with van der Waals surface area (Å²) >= 11 is 1.63. The van der Waals surface area contributed by atoms with Crippen molar-refractivity contribution in [2.45, 2.75) is 6.92 Å². The van der Waals surface area contributed by atoms with Gasteiger partial charge in [-0.2, -0.15) is 0 Å². The molecule has 1 aliphatic rings. The highest BCUT2D eigenvalue weighted by Gasteiger charge is 2.38. The number of aliphatic hydroxyl groups is 1. The lowest BCUT2D eigenvalue weighted by Crippen LogP contribution is -2.50. The lowest BCUT2D eigenvalue weighted by molar-refractivity contribution is -0.128. The van der Waals surface area contributed by atoms with Crippen LogP contribution in [-0.2, 0) is 4.74 Å². The highest BCUT2D eigenvalue weighted by atomic mass is 32.1. The molecule has 0 spiro atoms. The van der Waals surface area contributed by atoms with Crippen LogP contribution in [0.1, 0.15) is 5.82 Å². The Kier molecular flexibility index (Phi) is 3.96. The Hall–Kier alpha value is -2.02. The van der Waals surface area contributed by atoms with Crippen molar-refractivity contribution in [2.75, 3.05) is 31.7 Å². The summed E-state index contributed by atoms with van der Waals surface area (Å²) in [6, 6.07) is 10.3. The molecule has 1 saturated heterocycles. The zero-order chi connectivity index (χ0) is 16.6. The number of hydrogen-bond acceptors (Lipinski definition) is 6. The number of anilines is 1. The SMILES string of the molecule is Cc1nc(NCC2(CO)COC2)c2c(-c3ccccc3)csc2n1. The number of thiophene rings is 1. The number of nitrogens with zero attached hydrogens (tertiary/aromatic N) is 2. The van der Waals surface area contributed by atoms with Gasteiger partial charge in [-0.05, 0) is 12.5 Å². The van der Waals surface area contributed by atoms with Gasteiger partial charge in [-0.3, -0.25) is 0 Å². The molecule has 5 nitrogen and oxygen atoms in total. The normalized spacial score (nSPS) is 16.1. The molecule has 1 fully saturated rings. The van der Waals surface area contributed by atoms with Crippen molar-refractivity contribution < 1.29 is 9.84 Å². The Morgan fingerprint density at radius 2 is 2.04 bits per heavy atom. The maximum atomic E-state index is 9.62. The first-order valence-electron chi connectivity index (χ1n) is 7.94. The van der Waals surface area contributed by atoms with Crippen molar-refractivity contribution in [2.24, 2.45) is 5.41 Å². The molecule has 0 radical (unpaired) electrons. The number of aromatic nitrogens is 2. The molecule has 0 amide bonds. The highest BCUT2D eigenvalue weighted by Crippen LogP contribution is 2.37. The van der Waals surface area contributed by atoms with Gasteiger partial charge in [0.2, 0.25) is 0 Å². The summed E-state index contributed by atoms with van der Waals surface area (Å²) in [6.07, 6.45) is 0. The van der Waals surface area contributed by atoms with Gasteiger partial charge >= 0.3 is 0 Å². The molecule has 124 valence electrons. The van der Waals surface area contributed by atoms with Gasteiger partial charge in [0.25, 0.3) is 0 Å². The highest BCUT2D eigenvalue weighted by molar-refractivity contribution is 7.17. The predicted octanol–water partition coefficient (Wildman–Crippen LogP) is 3.09.